The van der Waals surface area contributed by atoms with E-state index < -0.39 is 0 Å². The predicted molar refractivity (Wildman–Crippen MR) is 97.7 cm³/mol. The van der Waals surface area contributed by atoms with Gasteiger partial charge in [-0.1, -0.05) is 61.0 Å². The molecule has 1 N–H and O–H groups in total. The molecule has 0 bridgehead atoms. The molecule has 0 aliphatic rings. The third kappa shape index (κ3) is 3.38. The molecule has 3 aromatic carbocycles. The monoisotopic (exact) mass is 323 g/mol. The van der Waals surface area contributed by atoms with Gasteiger partial charge in [-0.3, -0.25) is 4.99 Å². The SMILES string of the molecule is CCC(N=Cc1ccc(Cl)cc1)c1c(O)ccc2ccccc12. The molecule has 3 heteroatoms. The Kier molecular flexibility index (Phi) is 4.63. The molecule has 116 valence electrons. The third-order valence-corrected chi connectivity index (χ3v) is 4.19. The lowest BCUT2D eigenvalue weighted by Gasteiger charge is -2.15. The minimum atomic E-state index is -0.0863. The second-order valence-electron chi connectivity index (χ2n) is 5.47. The first-order valence-electron chi connectivity index (χ1n) is 7.68. The normalized spacial score (nSPS) is 12.8. The Morgan fingerprint density at radius 3 is 2.52 bits per heavy atom. The summed E-state index contributed by atoms with van der Waals surface area (Å²) in [6.45, 7) is 2.07. The molecule has 0 spiro atoms. The van der Waals surface area contributed by atoms with E-state index in [-0.39, 0.29) is 6.04 Å². The number of hydrogen-bond acceptors (Lipinski definition) is 2. The van der Waals surface area contributed by atoms with Gasteiger partial charge in [-0.05, 0) is 41.0 Å². The van der Waals surface area contributed by atoms with Crippen LogP contribution in [0, 0.1) is 0 Å². The molecule has 0 heterocycles. The van der Waals surface area contributed by atoms with E-state index in [9.17, 15) is 5.11 Å². The van der Waals surface area contributed by atoms with Crippen LogP contribution < -0.4 is 0 Å². The Morgan fingerprint density at radius 1 is 1.04 bits per heavy atom. The number of benzene rings is 3. The fourth-order valence-electron chi connectivity index (χ4n) is 2.74. The molecular formula is C20H18ClNO. The molecule has 0 saturated carbocycles. The maximum absolute atomic E-state index is 10.4. The highest BCUT2D eigenvalue weighted by Crippen LogP contribution is 2.35. The summed E-state index contributed by atoms with van der Waals surface area (Å²) in [7, 11) is 0. The molecule has 0 fully saturated rings. The van der Waals surface area contributed by atoms with Gasteiger partial charge in [-0.15, -0.1) is 0 Å². The van der Waals surface area contributed by atoms with Gasteiger partial charge < -0.3 is 5.11 Å². The van der Waals surface area contributed by atoms with Crippen LogP contribution in [0.25, 0.3) is 10.8 Å². The minimum Gasteiger partial charge on any atom is -0.508 e. The molecule has 0 aliphatic heterocycles. The molecule has 1 atom stereocenters. The van der Waals surface area contributed by atoms with Gasteiger partial charge in [0.1, 0.15) is 5.75 Å². The topological polar surface area (TPSA) is 32.6 Å². The number of hydrogen-bond donors (Lipinski definition) is 1. The fourth-order valence-corrected chi connectivity index (χ4v) is 2.87. The number of phenols is 1. The van der Waals surface area contributed by atoms with Gasteiger partial charge in [-0.25, -0.2) is 0 Å². The number of halogens is 1. The number of aliphatic imine (C=N–C) groups is 1. The van der Waals surface area contributed by atoms with E-state index in [2.05, 4.69) is 6.92 Å². The number of rotatable bonds is 4. The molecule has 0 radical (unpaired) electrons. The van der Waals surface area contributed by atoms with Crippen LogP contribution in [0.15, 0.2) is 65.7 Å². The van der Waals surface area contributed by atoms with Gasteiger partial charge in [0.15, 0.2) is 0 Å². The van der Waals surface area contributed by atoms with Crippen LogP contribution in [-0.4, -0.2) is 11.3 Å². The van der Waals surface area contributed by atoms with Crippen molar-refractivity contribution in [2.75, 3.05) is 0 Å². The van der Waals surface area contributed by atoms with E-state index in [0.29, 0.717) is 10.8 Å². The summed E-state index contributed by atoms with van der Waals surface area (Å²) in [6.07, 6.45) is 2.65. The van der Waals surface area contributed by atoms with Crippen molar-refractivity contribution in [1.29, 1.82) is 0 Å². The predicted octanol–water partition coefficient (Wildman–Crippen LogP) is 5.77. The highest BCUT2D eigenvalue weighted by atomic mass is 35.5. The van der Waals surface area contributed by atoms with Crippen molar-refractivity contribution in [2.45, 2.75) is 19.4 Å². The van der Waals surface area contributed by atoms with Gasteiger partial charge in [0.2, 0.25) is 0 Å². The second-order valence-corrected chi connectivity index (χ2v) is 5.91. The van der Waals surface area contributed by atoms with Crippen molar-refractivity contribution in [2.24, 2.45) is 4.99 Å². The summed E-state index contributed by atoms with van der Waals surface area (Å²) in [5.41, 5.74) is 1.88. The molecule has 0 saturated heterocycles. The van der Waals surface area contributed by atoms with Crippen molar-refractivity contribution < 1.29 is 5.11 Å². The number of phenolic OH excluding ortho intramolecular Hbond substituents is 1. The smallest absolute Gasteiger partial charge is 0.121 e. The largest absolute Gasteiger partial charge is 0.508 e. The van der Waals surface area contributed by atoms with Crippen LogP contribution in [-0.2, 0) is 0 Å². The molecule has 3 rings (SSSR count). The van der Waals surface area contributed by atoms with E-state index in [4.69, 9.17) is 16.6 Å². The first-order chi connectivity index (χ1) is 11.2. The molecule has 0 amide bonds. The average molecular weight is 324 g/mol. The zero-order valence-corrected chi connectivity index (χ0v) is 13.7. The summed E-state index contributed by atoms with van der Waals surface area (Å²) in [4.78, 5) is 4.70. The fraction of sp³-hybridized carbons (Fsp3) is 0.150. The van der Waals surface area contributed by atoms with Crippen LogP contribution in [0.1, 0.15) is 30.5 Å². The van der Waals surface area contributed by atoms with E-state index in [1.165, 1.54) is 0 Å². The zero-order valence-electron chi connectivity index (χ0n) is 12.9. The summed E-state index contributed by atoms with van der Waals surface area (Å²) in [5, 5.41) is 13.2. The van der Waals surface area contributed by atoms with Crippen molar-refractivity contribution >= 4 is 28.6 Å². The third-order valence-electron chi connectivity index (χ3n) is 3.94. The molecule has 2 nitrogen and oxygen atoms in total. The van der Waals surface area contributed by atoms with Gasteiger partial charge in [0, 0.05) is 16.8 Å². The summed E-state index contributed by atoms with van der Waals surface area (Å²) in [6, 6.07) is 19.2. The number of nitrogens with zero attached hydrogens (tertiary/aromatic N) is 1. The van der Waals surface area contributed by atoms with E-state index in [1.54, 1.807) is 6.07 Å². The Balaban J connectivity index is 2.01. The van der Waals surface area contributed by atoms with E-state index in [0.717, 1.165) is 28.3 Å². The van der Waals surface area contributed by atoms with Crippen LogP contribution in [0.3, 0.4) is 0 Å². The van der Waals surface area contributed by atoms with Gasteiger partial charge in [0.05, 0.1) is 6.04 Å². The van der Waals surface area contributed by atoms with Crippen molar-refractivity contribution in [3.8, 4) is 5.75 Å². The van der Waals surface area contributed by atoms with Crippen LogP contribution >= 0.6 is 11.6 Å². The van der Waals surface area contributed by atoms with Crippen molar-refractivity contribution in [3.63, 3.8) is 0 Å². The first-order valence-corrected chi connectivity index (χ1v) is 8.06. The second kappa shape index (κ2) is 6.84. The molecule has 0 aromatic heterocycles. The lowest BCUT2D eigenvalue weighted by molar-refractivity contribution is 0.462. The van der Waals surface area contributed by atoms with E-state index >= 15 is 0 Å². The van der Waals surface area contributed by atoms with Crippen LogP contribution in [0.2, 0.25) is 5.02 Å². The Bertz CT molecular complexity index is 840. The highest BCUT2D eigenvalue weighted by Gasteiger charge is 2.15. The number of fused-ring (bicyclic) bond motifs is 1. The summed E-state index contributed by atoms with van der Waals surface area (Å²) < 4.78 is 0. The molecule has 3 aromatic rings. The minimum absolute atomic E-state index is 0.0863. The Hall–Kier alpha value is -2.32. The zero-order chi connectivity index (χ0) is 16.2. The van der Waals surface area contributed by atoms with Gasteiger partial charge in [0.25, 0.3) is 0 Å². The maximum atomic E-state index is 10.4. The van der Waals surface area contributed by atoms with Crippen molar-refractivity contribution in [3.05, 3.63) is 76.8 Å². The number of aromatic hydroxyl groups is 1. The molecule has 1 unspecified atom stereocenters. The lowest BCUT2D eigenvalue weighted by Crippen LogP contribution is -1.97. The maximum Gasteiger partial charge on any atom is 0.121 e. The van der Waals surface area contributed by atoms with Crippen molar-refractivity contribution in [1.82, 2.24) is 0 Å². The van der Waals surface area contributed by atoms with Crippen LogP contribution in [0.4, 0.5) is 0 Å². The molecule has 23 heavy (non-hydrogen) atoms. The quantitative estimate of drug-likeness (QED) is 0.607. The average Bonchev–Trinajstić information content (AvgIpc) is 2.58. The lowest BCUT2D eigenvalue weighted by atomic mass is 9.96. The Morgan fingerprint density at radius 2 is 1.78 bits per heavy atom. The van der Waals surface area contributed by atoms with Gasteiger partial charge in [-0.2, -0.15) is 0 Å². The Labute approximate surface area is 141 Å². The first kappa shape index (κ1) is 15.6. The highest BCUT2D eigenvalue weighted by molar-refractivity contribution is 6.30. The van der Waals surface area contributed by atoms with E-state index in [1.807, 2.05) is 60.8 Å². The van der Waals surface area contributed by atoms with Crippen LogP contribution in [0.5, 0.6) is 5.75 Å². The van der Waals surface area contributed by atoms with Gasteiger partial charge >= 0.3 is 0 Å². The standard InChI is InChI=1S/C20H18ClNO/c1-2-18(22-13-14-7-10-16(21)11-8-14)20-17-6-4-3-5-15(17)9-12-19(20)23/h3-13,18,23H,2H2,1H3. The molecule has 0 aliphatic carbocycles. The summed E-state index contributed by atoms with van der Waals surface area (Å²) >= 11 is 5.91. The summed E-state index contributed by atoms with van der Waals surface area (Å²) in [5.74, 6) is 0.295. The molecular weight excluding hydrogens is 306 g/mol.